The van der Waals surface area contributed by atoms with E-state index in [0.717, 1.165) is 19.5 Å². The van der Waals surface area contributed by atoms with Gasteiger partial charge in [-0.05, 0) is 49.9 Å². The second-order valence-electron chi connectivity index (χ2n) is 8.96. The molecule has 2 unspecified atom stereocenters. The average molecular weight is 418 g/mol. The first-order valence-electron chi connectivity index (χ1n) is 11.7. The van der Waals surface area contributed by atoms with Gasteiger partial charge in [-0.2, -0.15) is 0 Å². The minimum Gasteiger partial charge on any atom is -0.356 e. The Morgan fingerprint density at radius 2 is 1.87 bits per heavy atom. The van der Waals surface area contributed by atoms with Crippen LogP contribution in [0.1, 0.15) is 56.1 Å². The maximum absolute atomic E-state index is 12.9. The number of hydrogen-bond acceptors (Lipinski definition) is 2. The van der Waals surface area contributed by atoms with Crippen molar-refractivity contribution in [3.8, 4) is 0 Å². The van der Waals surface area contributed by atoms with Gasteiger partial charge in [0, 0.05) is 55.6 Å². The second kappa shape index (κ2) is 10.1. The molecule has 3 aromatic rings. The first kappa shape index (κ1) is 21.6. The van der Waals surface area contributed by atoms with Crippen LogP contribution in [0.2, 0.25) is 0 Å². The van der Waals surface area contributed by atoms with E-state index in [1.807, 2.05) is 6.07 Å². The van der Waals surface area contributed by atoms with Gasteiger partial charge < -0.3 is 14.8 Å². The number of carbonyl (C=O) groups excluding carboxylic acids is 1. The van der Waals surface area contributed by atoms with E-state index in [4.69, 9.17) is 0 Å². The molecule has 0 saturated carbocycles. The molecule has 164 valence electrons. The van der Waals surface area contributed by atoms with Crippen molar-refractivity contribution in [2.75, 3.05) is 19.6 Å². The van der Waals surface area contributed by atoms with Crippen LogP contribution in [0.5, 0.6) is 0 Å². The average Bonchev–Trinajstić information content (AvgIpc) is 3.13. The number of nitrogens with one attached hydrogen (secondary N) is 1. The Kier molecular flexibility index (Phi) is 7.08. The molecule has 1 aliphatic rings. The van der Waals surface area contributed by atoms with Crippen molar-refractivity contribution in [3.63, 3.8) is 0 Å². The van der Waals surface area contributed by atoms with Crippen LogP contribution in [0, 0.1) is 0 Å². The van der Waals surface area contributed by atoms with Gasteiger partial charge in [0.15, 0.2) is 0 Å². The summed E-state index contributed by atoms with van der Waals surface area (Å²) in [5.41, 5.74) is 3.62. The number of aromatic nitrogens is 1. The number of piperidine rings is 1. The van der Waals surface area contributed by atoms with Crippen LogP contribution in [0.15, 0.2) is 60.8 Å². The summed E-state index contributed by atoms with van der Waals surface area (Å²) >= 11 is 0. The van der Waals surface area contributed by atoms with Crippen LogP contribution in [0.3, 0.4) is 0 Å². The predicted octanol–water partition coefficient (Wildman–Crippen LogP) is 5.08. The maximum Gasteiger partial charge on any atom is 0.220 e. The molecule has 2 aromatic carbocycles. The summed E-state index contributed by atoms with van der Waals surface area (Å²) in [5.74, 6) is 0.183. The topological polar surface area (TPSA) is 37.3 Å². The highest BCUT2D eigenvalue weighted by molar-refractivity contribution is 5.86. The number of carbonyl (C=O) groups is 1. The van der Waals surface area contributed by atoms with Gasteiger partial charge in [0.2, 0.25) is 5.91 Å². The summed E-state index contributed by atoms with van der Waals surface area (Å²) < 4.78 is 2.16. The van der Waals surface area contributed by atoms with Gasteiger partial charge in [-0.25, -0.2) is 0 Å². The van der Waals surface area contributed by atoms with Gasteiger partial charge in [0.1, 0.15) is 0 Å². The Hall–Kier alpha value is -2.59. The molecule has 4 nitrogen and oxygen atoms in total. The van der Waals surface area contributed by atoms with Gasteiger partial charge in [-0.15, -0.1) is 0 Å². The Labute approximate surface area is 186 Å². The fourth-order valence-electron chi connectivity index (χ4n) is 5.00. The zero-order valence-corrected chi connectivity index (χ0v) is 18.9. The lowest BCUT2D eigenvalue weighted by Gasteiger charge is -2.33. The molecule has 0 spiro atoms. The third-order valence-electron chi connectivity index (χ3n) is 6.78. The zero-order valence-electron chi connectivity index (χ0n) is 18.9. The molecule has 4 heteroatoms. The van der Waals surface area contributed by atoms with Gasteiger partial charge in [0.05, 0.1) is 0 Å². The van der Waals surface area contributed by atoms with Crippen LogP contribution in [-0.2, 0) is 11.8 Å². The van der Waals surface area contributed by atoms with Crippen molar-refractivity contribution in [2.45, 2.75) is 51.0 Å². The SMILES string of the molecule is CC1CCCCN1CCCNC(=O)CC(c1ccccc1)c1cn(C)c2ccccc12. The Bertz CT molecular complexity index is 994. The maximum atomic E-state index is 12.9. The zero-order chi connectivity index (χ0) is 21.6. The van der Waals surface area contributed by atoms with E-state index in [1.54, 1.807) is 0 Å². The lowest BCUT2D eigenvalue weighted by Crippen LogP contribution is -2.39. The van der Waals surface area contributed by atoms with E-state index < -0.39 is 0 Å². The number of fused-ring (bicyclic) bond motifs is 1. The molecule has 1 fully saturated rings. The predicted molar refractivity (Wildman–Crippen MR) is 128 cm³/mol. The highest BCUT2D eigenvalue weighted by Crippen LogP contribution is 2.34. The molecule has 4 rings (SSSR count). The van der Waals surface area contributed by atoms with Crippen molar-refractivity contribution >= 4 is 16.8 Å². The standard InChI is InChI=1S/C27H35N3O/c1-21-11-8-9-17-30(21)18-10-16-28-27(31)19-24(22-12-4-3-5-13-22)25-20-29(2)26-15-7-6-14-23(25)26/h3-7,12-15,20-21,24H,8-11,16-19H2,1-2H3,(H,28,31). The highest BCUT2D eigenvalue weighted by atomic mass is 16.1. The second-order valence-corrected chi connectivity index (χ2v) is 8.96. The van der Waals surface area contributed by atoms with Crippen molar-refractivity contribution in [1.82, 2.24) is 14.8 Å². The molecule has 1 aliphatic heterocycles. The molecule has 1 N–H and O–H groups in total. The normalized spacial score (nSPS) is 18.2. The number of rotatable bonds is 8. The molecule has 0 bridgehead atoms. The van der Waals surface area contributed by atoms with Gasteiger partial charge in [-0.3, -0.25) is 4.79 Å². The Morgan fingerprint density at radius 1 is 1.10 bits per heavy atom. The van der Waals surface area contributed by atoms with Crippen molar-refractivity contribution in [3.05, 3.63) is 71.9 Å². The first-order valence-corrected chi connectivity index (χ1v) is 11.7. The Morgan fingerprint density at radius 3 is 2.68 bits per heavy atom. The summed E-state index contributed by atoms with van der Waals surface area (Å²) in [6.07, 6.45) is 7.63. The van der Waals surface area contributed by atoms with E-state index in [0.29, 0.717) is 12.5 Å². The smallest absolute Gasteiger partial charge is 0.220 e. The fourth-order valence-corrected chi connectivity index (χ4v) is 5.00. The molecule has 0 aliphatic carbocycles. The van der Waals surface area contributed by atoms with Crippen molar-refractivity contribution < 1.29 is 4.79 Å². The lowest BCUT2D eigenvalue weighted by atomic mass is 9.88. The number of para-hydroxylation sites is 1. The Balaban J connectivity index is 1.42. The number of nitrogens with zero attached hydrogens (tertiary/aromatic N) is 2. The largest absolute Gasteiger partial charge is 0.356 e. The number of likely N-dealkylation sites (tertiary alicyclic amines) is 1. The molecule has 0 radical (unpaired) electrons. The molecule has 1 aromatic heterocycles. The van der Waals surface area contributed by atoms with Crippen LogP contribution in [0.4, 0.5) is 0 Å². The first-order chi connectivity index (χ1) is 15.1. The van der Waals surface area contributed by atoms with Crippen LogP contribution >= 0.6 is 0 Å². The summed E-state index contributed by atoms with van der Waals surface area (Å²) in [7, 11) is 2.08. The molecular weight excluding hydrogens is 382 g/mol. The summed E-state index contributed by atoms with van der Waals surface area (Å²) in [5, 5.41) is 4.42. The summed E-state index contributed by atoms with van der Waals surface area (Å²) in [4.78, 5) is 15.5. The van der Waals surface area contributed by atoms with E-state index >= 15 is 0 Å². The number of hydrogen-bond donors (Lipinski definition) is 1. The minimum atomic E-state index is 0.0504. The van der Waals surface area contributed by atoms with Crippen molar-refractivity contribution in [2.24, 2.45) is 7.05 Å². The van der Waals surface area contributed by atoms with E-state index in [-0.39, 0.29) is 11.8 Å². The quantitative estimate of drug-likeness (QED) is 0.519. The van der Waals surface area contributed by atoms with Crippen LogP contribution in [-0.4, -0.2) is 41.1 Å². The molecular formula is C27H35N3O. The molecule has 2 atom stereocenters. The third-order valence-corrected chi connectivity index (χ3v) is 6.78. The highest BCUT2D eigenvalue weighted by Gasteiger charge is 2.22. The fraction of sp³-hybridized carbons (Fsp3) is 0.444. The summed E-state index contributed by atoms with van der Waals surface area (Å²) in [6, 6.07) is 19.6. The summed E-state index contributed by atoms with van der Waals surface area (Å²) in [6.45, 7) is 5.35. The van der Waals surface area contributed by atoms with E-state index in [2.05, 4.69) is 83.5 Å². The van der Waals surface area contributed by atoms with E-state index in [9.17, 15) is 4.79 Å². The number of aryl methyl sites for hydroxylation is 1. The lowest BCUT2D eigenvalue weighted by molar-refractivity contribution is -0.121. The monoisotopic (exact) mass is 417 g/mol. The van der Waals surface area contributed by atoms with Gasteiger partial charge >= 0.3 is 0 Å². The molecule has 2 heterocycles. The van der Waals surface area contributed by atoms with Gasteiger partial charge in [-0.1, -0.05) is 55.0 Å². The van der Waals surface area contributed by atoms with Crippen molar-refractivity contribution in [1.29, 1.82) is 0 Å². The van der Waals surface area contributed by atoms with Crippen LogP contribution in [0.25, 0.3) is 10.9 Å². The molecule has 31 heavy (non-hydrogen) atoms. The molecule has 1 amide bonds. The minimum absolute atomic E-state index is 0.0504. The van der Waals surface area contributed by atoms with Gasteiger partial charge in [0.25, 0.3) is 0 Å². The number of benzene rings is 2. The van der Waals surface area contributed by atoms with Crippen LogP contribution < -0.4 is 5.32 Å². The molecule has 1 saturated heterocycles. The van der Waals surface area contributed by atoms with E-state index in [1.165, 1.54) is 47.8 Å². The third kappa shape index (κ3) is 5.19. The number of amides is 1.